The normalized spacial score (nSPS) is 16.3. The number of ether oxygens (including phenoxy) is 2. The molecule has 2 heterocycles. The third kappa shape index (κ3) is 5.11. The maximum Gasteiger partial charge on any atom is 0.259 e. The van der Waals surface area contributed by atoms with Crippen molar-refractivity contribution in [3.63, 3.8) is 0 Å². The number of nitrogens with zero attached hydrogens (tertiary/aromatic N) is 1. The molecular formula is C33H30N2O5S. The van der Waals surface area contributed by atoms with Gasteiger partial charge < -0.3 is 19.7 Å². The van der Waals surface area contributed by atoms with Crippen LogP contribution in [0.3, 0.4) is 0 Å². The van der Waals surface area contributed by atoms with Gasteiger partial charge in [-0.05, 0) is 79.9 Å². The molecule has 0 fully saturated rings. The number of nitrogens with one attached hydrogen (secondary N) is 1. The fraction of sp³-hybridized carbons (Fsp3) is 0.212. The Labute approximate surface area is 241 Å². The van der Waals surface area contributed by atoms with Crippen molar-refractivity contribution in [1.82, 2.24) is 5.32 Å². The lowest BCUT2D eigenvalue weighted by Crippen LogP contribution is -2.31. The standard InChI is InChI=1S/C33H30N2O5S/c1-20-8-9-21(2)25(16-20)19-35-27-17-24(11-13-31(27)41(38)30-7-5-4-6-26(30)33(35)37)32(36)34-22(3)23-10-12-28-29(18-23)40-15-14-39-28/h4-13,16-18,22H,14-15,19H2,1-3H3,(H,34,36). The van der Waals surface area contributed by atoms with Crippen molar-refractivity contribution in [2.24, 2.45) is 0 Å². The Morgan fingerprint density at radius 1 is 0.927 bits per heavy atom. The first kappa shape index (κ1) is 26.8. The summed E-state index contributed by atoms with van der Waals surface area (Å²) in [5, 5.41) is 3.05. The van der Waals surface area contributed by atoms with Gasteiger partial charge in [0.15, 0.2) is 11.5 Å². The third-order valence-electron chi connectivity index (χ3n) is 7.52. The lowest BCUT2D eigenvalue weighted by molar-refractivity contribution is 0.0937. The van der Waals surface area contributed by atoms with Crippen LogP contribution < -0.4 is 19.7 Å². The molecule has 8 heteroatoms. The number of carbonyl (C=O) groups is 2. The number of anilines is 1. The second-order valence-electron chi connectivity index (χ2n) is 10.4. The highest BCUT2D eigenvalue weighted by molar-refractivity contribution is 7.85. The predicted molar refractivity (Wildman–Crippen MR) is 157 cm³/mol. The van der Waals surface area contributed by atoms with Crippen molar-refractivity contribution >= 4 is 28.3 Å². The molecule has 0 spiro atoms. The summed E-state index contributed by atoms with van der Waals surface area (Å²) in [6.45, 7) is 7.19. The molecule has 4 aromatic carbocycles. The lowest BCUT2D eigenvalue weighted by atomic mass is 10.0. The van der Waals surface area contributed by atoms with Crippen molar-refractivity contribution < 1.29 is 23.3 Å². The maximum atomic E-state index is 14.0. The molecule has 0 radical (unpaired) electrons. The van der Waals surface area contributed by atoms with Crippen LogP contribution in [0.15, 0.2) is 88.7 Å². The SMILES string of the molecule is Cc1ccc(C)c(CN2C(=O)c3ccccc3S(=O)c3ccc(C(=O)NC(C)c4ccc5c(c4)OCCO5)cc32)c1. The van der Waals surface area contributed by atoms with Crippen LogP contribution in [0.5, 0.6) is 11.5 Å². The van der Waals surface area contributed by atoms with Crippen LogP contribution >= 0.6 is 0 Å². The number of benzene rings is 4. The number of hydrogen-bond acceptors (Lipinski definition) is 5. The van der Waals surface area contributed by atoms with Crippen LogP contribution in [0.1, 0.15) is 55.9 Å². The summed E-state index contributed by atoms with van der Waals surface area (Å²) >= 11 is 0. The molecule has 2 atom stereocenters. The van der Waals surface area contributed by atoms with Crippen LogP contribution in [0.2, 0.25) is 0 Å². The largest absolute Gasteiger partial charge is 0.486 e. The highest BCUT2D eigenvalue weighted by Gasteiger charge is 2.32. The monoisotopic (exact) mass is 566 g/mol. The second-order valence-corrected chi connectivity index (χ2v) is 11.8. The van der Waals surface area contributed by atoms with E-state index in [0.717, 1.165) is 22.3 Å². The number of amides is 2. The molecule has 4 aromatic rings. The van der Waals surface area contributed by atoms with Gasteiger partial charge in [0.2, 0.25) is 0 Å². The maximum absolute atomic E-state index is 14.0. The summed E-state index contributed by atoms with van der Waals surface area (Å²) < 4.78 is 25.1. The number of carbonyl (C=O) groups excluding carboxylic acids is 2. The van der Waals surface area contributed by atoms with Crippen molar-refractivity contribution in [1.29, 1.82) is 0 Å². The molecule has 7 nitrogen and oxygen atoms in total. The molecule has 2 unspecified atom stereocenters. The number of fused-ring (bicyclic) bond motifs is 3. The van der Waals surface area contributed by atoms with E-state index in [4.69, 9.17) is 9.47 Å². The van der Waals surface area contributed by atoms with E-state index in [1.807, 2.05) is 51.1 Å². The van der Waals surface area contributed by atoms with Gasteiger partial charge in [0.05, 0.1) is 44.4 Å². The van der Waals surface area contributed by atoms with Gasteiger partial charge in [-0.25, -0.2) is 4.21 Å². The molecule has 2 amide bonds. The van der Waals surface area contributed by atoms with Crippen molar-refractivity contribution in [2.75, 3.05) is 18.1 Å². The Bertz CT molecular complexity index is 1720. The van der Waals surface area contributed by atoms with E-state index >= 15 is 0 Å². The predicted octanol–water partition coefficient (Wildman–Crippen LogP) is 5.89. The number of rotatable bonds is 5. The summed E-state index contributed by atoms with van der Waals surface area (Å²) in [6.07, 6.45) is 0. The molecule has 1 N–H and O–H groups in total. The fourth-order valence-electron chi connectivity index (χ4n) is 5.20. The zero-order chi connectivity index (χ0) is 28.7. The van der Waals surface area contributed by atoms with Crippen LogP contribution in [0.25, 0.3) is 0 Å². The van der Waals surface area contributed by atoms with Gasteiger partial charge in [-0.15, -0.1) is 0 Å². The van der Waals surface area contributed by atoms with Gasteiger partial charge in [-0.1, -0.05) is 42.0 Å². The average molecular weight is 567 g/mol. The Balaban J connectivity index is 1.36. The molecule has 0 bridgehead atoms. The third-order valence-corrected chi connectivity index (χ3v) is 9.02. The first-order chi connectivity index (χ1) is 19.8. The minimum Gasteiger partial charge on any atom is -0.486 e. The first-order valence-electron chi connectivity index (χ1n) is 13.5. The Morgan fingerprint density at radius 2 is 1.71 bits per heavy atom. The summed E-state index contributed by atoms with van der Waals surface area (Å²) in [5.41, 5.74) is 5.21. The van der Waals surface area contributed by atoms with E-state index in [1.54, 1.807) is 47.4 Å². The minimum absolute atomic E-state index is 0.254. The molecule has 0 aliphatic carbocycles. The highest BCUT2D eigenvalue weighted by atomic mass is 32.2. The van der Waals surface area contributed by atoms with Gasteiger partial charge in [0.1, 0.15) is 13.2 Å². The summed E-state index contributed by atoms with van der Waals surface area (Å²) in [4.78, 5) is 30.1. The van der Waals surface area contributed by atoms with Gasteiger partial charge in [-0.2, -0.15) is 0 Å². The molecule has 2 aliphatic rings. The Hall–Kier alpha value is -4.43. The van der Waals surface area contributed by atoms with Crippen LogP contribution in [0, 0.1) is 13.8 Å². The summed E-state index contributed by atoms with van der Waals surface area (Å²) in [6, 6.07) is 23.5. The zero-order valence-corrected chi connectivity index (χ0v) is 23.9. The molecular weight excluding hydrogens is 536 g/mol. The van der Waals surface area contributed by atoms with Gasteiger partial charge in [-0.3, -0.25) is 9.59 Å². The number of hydrogen-bond donors (Lipinski definition) is 1. The van der Waals surface area contributed by atoms with Crippen LogP contribution in [0.4, 0.5) is 5.69 Å². The topological polar surface area (TPSA) is 84.9 Å². The van der Waals surface area contributed by atoms with Crippen molar-refractivity contribution in [3.8, 4) is 11.5 Å². The highest BCUT2D eigenvalue weighted by Crippen LogP contribution is 2.37. The van der Waals surface area contributed by atoms with Crippen molar-refractivity contribution in [2.45, 2.75) is 43.1 Å². The first-order valence-corrected chi connectivity index (χ1v) is 14.7. The molecule has 0 saturated carbocycles. The quantitative estimate of drug-likeness (QED) is 0.326. The molecule has 41 heavy (non-hydrogen) atoms. The second kappa shape index (κ2) is 10.9. The van der Waals surface area contributed by atoms with E-state index in [1.165, 1.54) is 0 Å². The van der Waals surface area contributed by atoms with Gasteiger partial charge in [0.25, 0.3) is 11.8 Å². The van der Waals surface area contributed by atoms with Crippen LogP contribution in [-0.4, -0.2) is 29.2 Å². The van der Waals surface area contributed by atoms with Crippen molar-refractivity contribution in [3.05, 3.63) is 112 Å². The lowest BCUT2D eigenvalue weighted by Gasteiger charge is -2.25. The van der Waals surface area contributed by atoms with E-state index in [2.05, 4.69) is 11.4 Å². The molecule has 208 valence electrons. The molecule has 0 aromatic heterocycles. The molecule has 6 rings (SSSR count). The smallest absolute Gasteiger partial charge is 0.259 e. The zero-order valence-electron chi connectivity index (χ0n) is 23.1. The summed E-state index contributed by atoms with van der Waals surface area (Å²) in [5.74, 6) is 0.784. The Morgan fingerprint density at radius 3 is 2.54 bits per heavy atom. The summed E-state index contributed by atoms with van der Waals surface area (Å²) in [7, 11) is -1.60. The minimum atomic E-state index is -1.60. The fourth-order valence-corrected chi connectivity index (χ4v) is 6.54. The number of aryl methyl sites for hydroxylation is 2. The van der Waals surface area contributed by atoms with E-state index in [-0.39, 0.29) is 24.4 Å². The van der Waals surface area contributed by atoms with E-state index in [9.17, 15) is 13.8 Å². The van der Waals surface area contributed by atoms with Crippen LogP contribution in [-0.2, 0) is 17.3 Å². The van der Waals surface area contributed by atoms with Gasteiger partial charge >= 0.3 is 0 Å². The Kier molecular flexibility index (Phi) is 7.09. The molecule has 2 aliphatic heterocycles. The van der Waals surface area contributed by atoms with Gasteiger partial charge in [0, 0.05) is 5.56 Å². The average Bonchev–Trinajstić information content (AvgIpc) is 3.07. The van der Waals surface area contributed by atoms with E-state index in [0.29, 0.717) is 51.3 Å². The molecule has 0 saturated heterocycles. The van der Waals surface area contributed by atoms with E-state index < -0.39 is 10.8 Å².